The van der Waals surface area contributed by atoms with Crippen LogP contribution in [0.15, 0.2) is 52.9 Å². The largest absolute Gasteiger partial charge is 0.455 e. The van der Waals surface area contributed by atoms with Gasteiger partial charge in [-0.15, -0.1) is 11.3 Å². The van der Waals surface area contributed by atoms with Gasteiger partial charge in [-0.3, -0.25) is 9.69 Å². The Bertz CT molecular complexity index is 931. The summed E-state index contributed by atoms with van der Waals surface area (Å²) in [7, 11) is 0. The topological polar surface area (TPSA) is 45.5 Å². The molecule has 4 nitrogen and oxygen atoms in total. The fraction of sp³-hybridized carbons (Fsp3) is 0.348. The highest BCUT2D eigenvalue weighted by Gasteiger charge is 2.15. The van der Waals surface area contributed by atoms with Crippen molar-refractivity contribution in [3.63, 3.8) is 0 Å². The van der Waals surface area contributed by atoms with E-state index in [2.05, 4.69) is 43.1 Å². The van der Waals surface area contributed by atoms with E-state index in [-0.39, 0.29) is 17.5 Å². The Morgan fingerprint density at radius 3 is 2.52 bits per heavy atom. The molecular formula is C23H27FN2O2S. The highest BCUT2D eigenvalue weighted by molar-refractivity contribution is 7.11. The number of aryl methyl sites for hydroxylation is 1. The van der Waals surface area contributed by atoms with Crippen molar-refractivity contribution in [2.24, 2.45) is 5.92 Å². The van der Waals surface area contributed by atoms with Crippen molar-refractivity contribution in [1.29, 1.82) is 0 Å². The van der Waals surface area contributed by atoms with Gasteiger partial charge < -0.3 is 9.73 Å². The molecule has 0 spiro atoms. The summed E-state index contributed by atoms with van der Waals surface area (Å²) in [5, 5.41) is 2.72. The van der Waals surface area contributed by atoms with Crippen LogP contribution in [0.3, 0.4) is 0 Å². The SMILES string of the molecule is Cc1ccc(CN(CCC(C)C)Cc2ccc(C(=O)Nc3ccc(F)cc3)o2)s1. The number of thiophene rings is 1. The average molecular weight is 415 g/mol. The van der Waals surface area contributed by atoms with Gasteiger partial charge in [-0.25, -0.2) is 4.39 Å². The first-order valence-electron chi connectivity index (χ1n) is 9.82. The van der Waals surface area contributed by atoms with Crippen LogP contribution in [0.2, 0.25) is 0 Å². The number of halogens is 1. The molecule has 0 fully saturated rings. The molecule has 3 rings (SSSR count). The highest BCUT2D eigenvalue weighted by atomic mass is 32.1. The summed E-state index contributed by atoms with van der Waals surface area (Å²) in [6, 6.07) is 13.5. The Kier molecular flexibility index (Phi) is 7.23. The Hall–Kier alpha value is -2.44. The van der Waals surface area contributed by atoms with Crippen molar-refractivity contribution in [2.75, 3.05) is 11.9 Å². The number of benzene rings is 1. The standard InChI is InChI=1S/C23H27FN2O2S/c1-16(2)12-13-26(15-21-10-4-17(3)29-21)14-20-9-11-22(28-20)23(27)25-19-7-5-18(24)6-8-19/h4-11,16H,12-15H2,1-3H3,(H,25,27). The molecule has 0 bridgehead atoms. The molecule has 0 unspecified atom stereocenters. The van der Waals surface area contributed by atoms with E-state index in [1.54, 1.807) is 6.07 Å². The van der Waals surface area contributed by atoms with Crippen LogP contribution in [0.25, 0.3) is 0 Å². The summed E-state index contributed by atoms with van der Waals surface area (Å²) in [5.74, 6) is 0.943. The predicted molar refractivity (Wildman–Crippen MR) is 116 cm³/mol. The normalized spacial score (nSPS) is 11.4. The average Bonchev–Trinajstić information content (AvgIpc) is 3.30. The first-order chi connectivity index (χ1) is 13.9. The second-order valence-corrected chi connectivity index (χ2v) is 9.00. The minimum Gasteiger partial charge on any atom is -0.455 e. The number of rotatable bonds is 9. The van der Waals surface area contributed by atoms with Crippen LogP contribution in [0, 0.1) is 18.7 Å². The molecule has 1 N–H and O–H groups in total. The Balaban J connectivity index is 1.64. The van der Waals surface area contributed by atoms with Crippen molar-refractivity contribution < 1.29 is 13.6 Å². The summed E-state index contributed by atoms with van der Waals surface area (Å²) < 4.78 is 18.8. The zero-order chi connectivity index (χ0) is 20.8. The molecule has 0 atom stereocenters. The molecule has 3 aromatic rings. The number of amides is 1. The van der Waals surface area contributed by atoms with Crippen LogP contribution < -0.4 is 5.32 Å². The van der Waals surface area contributed by atoms with Crippen molar-refractivity contribution in [2.45, 2.75) is 40.3 Å². The molecule has 154 valence electrons. The van der Waals surface area contributed by atoms with Gasteiger partial charge >= 0.3 is 0 Å². The molecule has 0 saturated carbocycles. The molecule has 0 aliphatic carbocycles. The fourth-order valence-electron chi connectivity index (χ4n) is 2.98. The lowest BCUT2D eigenvalue weighted by Crippen LogP contribution is -2.24. The molecule has 2 heterocycles. The second kappa shape index (κ2) is 9.85. The Morgan fingerprint density at radius 1 is 1.10 bits per heavy atom. The maximum atomic E-state index is 13.0. The predicted octanol–water partition coefficient (Wildman–Crippen LogP) is 6.09. The third-order valence-corrected chi connectivity index (χ3v) is 5.55. The maximum absolute atomic E-state index is 13.0. The van der Waals surface area contributed by atoms with Gasteiger partial charge in [0.2, 0.25) is 0 Å². The number of nitrogens with one attached hydrogen (secondary N) is 1. The number of anilines is 1. The monoisotopic (exact) mass is 414 g/mol. The van der Waals surface area contributed by atoms with E-state index >= 15 is 0 Å². The van der Waals surface area contributed by atoms with Crippen LogP contribution in [0.1, 0.15) is 46.3 Å². The molecule has 1 amide bonds. The van der Waals surface area contributed by atoms with Crippen molar-refractivity contribution in [1.82, 2.24) is 4.90 Å². The lowest BCUT2D eigenvalue weighted by atomic mass is 10.1. The van der Waals surface area contributed by atoms with Gasteiger partial charge in [-0.1, -0.05) is 13.8 Å². The molecular weight excluding hydrogens is 387 g/mol. The molecule has 0 aliphatic rings. The maximum Gasteiger partial charge on any atom is 0.291 e. The van der Waals surface area contributed by atoms with Crippen molar-refractivity contribution >= 4 is 22.9 Å². The van der Waals surface area contributed by atoms with E-state index in [1.807, 2.05) is 17.4 Å². The lowest BCUT2D eigenvalue weighted by molar-refractivity contribution is 0.0992. The second-order valence-electron chi connectivity index (χ2n) is 7.63. The number of nitrogens with zero attached hydrogens (tertiary/aromatic N) is 1. The number of hydrogen-bond acceptors (Lipinski definition) is 4. The minimum atomic E-state index is -0.342. The van der Waals surface area contributed by atoms with Crippen LogP contribution in [-0.4, -0.2) is 17.4 Å². The smallest absolute Gasteiger partial charge is 0.291 e. The molecule has 6 heteroatoms. The Labute approximate surface area is 175 Å². The van der Waals surface area contributed by atoms with Gasteiger partial charge in [-0.2, -0.15) is 0 Å². The number of hydrogen-bond donors (Lipinski definition) is 1. The van der Waals surface area contributed by atoms with Gasteiger partial charge in [-0.05, 0) is 74.3 Å². The van der Waals surface area contributed by atoms with Crippen LogP contribution in [0.4, 0.5) is 10.1 Å². The number of carbonyl (C=O) groups is 1. The number of carbonyl (C=O) groups excluding carboxylic acids is 1. The third kappa shape index (κ3) is 6.54. The van der Waals surface area contributed by atoms with E-state index in [0.717, 1.165) is 25.3 Å². The number of furan rings is 1. The van der Waals surface area contributed by atoms with E-state index in [4.69, 9.17) is 4.42 Å². The molecule has 0 aliphatic heterocycles. The van der Waals surface area contributed by atoms with Crippen molar-refractivity contribution in [3.05, 3.63) is 75.6 Å². The third-order valence-electron chi connectivity index (χ3n) is 4.57. The highest BCUT2D eigenvalue weighted by Crippen LogP contribution is 2.20. The minimum absolute atomic E-state index is 0.250. The summed E-state index contributed by atoms with van der Waals surface area (Å²) in [4.78, 5) is 17.4. The fourth-order valence-corrected chi connectivity index (χ4v) is 3.91. The van der Waals surface area contributed by atoms with E-state index in [9.17, 15) is 9.18 Å². The molecule has 29 heavy (non-hydrogen) atoms. The van der Waals surface area contributed by atoms with Gasteiger partial charge in [0, 0.05) is 22.0 Å². The van der Waals surface area contributed by atoms with E-state index < -0.39 is 0 Å². The summed E-state index contributed by atoms with van der Waals surface area (Å²) in [6.07, 6.45) is 1.10. The lowest BCUT2D eigenvalue weighted by Gasteiger charge is -2.21. The molecule has 2 aromatic heterocycles. The first-order valence-corrected chi connectivity index (χ1v) is 10.6. The molecule has 0 radical (unpaired) electrons. The Morgan fingerprint density at radius 2 is 1.86 bits per heavy atom. The first kappa shape index (κ1) is 21.3. The summed E-state index contributed by atoms with van der Waals surface area (Å²) in [5.41, 5.74) is 0.529. The molecule has 1 aromatic carbocycles. The van der Waals surface area contributed by atoms with Crippen molar-refractivity contribution in [3.8, 4) is 0 Å². The quantitative estimate of drug-likeness (QED) is 0.461. The van der Waals surface area contributed by atoms with Gasteiger partial charge in [0.25, 0.3) is 5.91 Å². The zero-order valence-electron chi connectivity index (χ0n) is 17.1. The van der Waals surface area contributed by atoms with Gasteiger partial charge in [0.05, 0.1) is 6.54 Å². The zero-order valence-corrected chi connectivity index (χ0v) is 17.9. The molecule has 0 saturated heterocycles. The van der Waals surface area contributed by atoms with Gasteiger partial charge in [0.15, 0.2) is 5.76 Å². The van der Waals surface area contributed by atoms with Gasteiger partial charge in [0.1, 0.15) is 11.6 Å². The summed E-state index contributed by atoms with van der Waals surface area (Å²) in [6.45, 7) is 9.03. The van der Waals surface area contributed by atoms with Crippen LogP contribution in [0.5, 0.6) is 0 Å². The van der Waals surface area contributed by atoms with Crippen LogP contribution in [-0.2, 0) is 13.1 Å². The summed E-state index contributed by atoms with van der Waals surface area (Å²) >= 11 is 1.81. The van der Waals surface area contributed by atoms with Crippen LogP contribution >= 0.6 is 11.3 Å². The van der Waals surface area contributed by atoms with E-state index in [1.165, 1.54) is 34.0 Å². The van der Waals surface area contributed by atoms with E-state index in [0.29, 0.717) is 18.2 Å².